The zero-order valence-corrected chi connectivity index (χ0v) is 20.1. The zero-order valence-electron chi connectivity index (χ0n) is 19.2. The van der Waals surface area contributed by atoms with Crippen LogP contribution in [0.1, 0.15) is 36.8 Å². The van der Waals surface area contributed by atoms with Gasteiger partial charge < -0.3 is 14.7 Å². The van der Waals surface area contributed by atoms with Crippen molar-refractivity contribution in [1.29, 1.82) is 0 Å². The molecule has 0 saturated heterocycles. The number of ether oxygens (including phenoxy) is 1. The molecule has 3 rings (SSSR count). The highest BCUT2D eigenvalue weighted by molar-refractivity contribution is 7.89. The number of carbonyl (C=O) groups excluding carboxylic acids is 1. The summed E-state index contributed by atoms with van der Waals surface area (Å²) in [7, 11) is -2.26. The Bertz CT molecular complexity index is 1110. The molecular weight excluding hydrogens is 444 g/mol. The number of fused-ring (bicyclic) bond motifs is 1. The number of rotatable bonds is 6. The molecule has 0 bridgehead atoms. The van der Waals surface area contributed by atoms with Gasteiger partial charge in [0.15, 0.2) is 0 Å². The molecule has 0 saturated carbocycles. The molecule has 0 radical (unpaired) electrons. The fraction of sp³-hybridized carbons (Fsp3) is 0.435. The summed E-state index contributed by atoms with van der Waals surface area (Å²) in [6.45, 7) is 5.45. The van der Waals surface area contributed by atoms with Gasteiger partial charge in [-0.15, -0.1) is 0 Å². The zero-order chi connectivity index (χ0) is 24.2. The normalized spacial score (nSPS) is 21.5. The minimum absolute atomic E-state index is 0.0378. The quantitative estimate of drug-likeness (QED) is 0.682. The number of amides is 1. The number of aliphatic hydroxyl groups is 1. The maximum absolute atomic E-state index is 13.5. The molecule has 178 valence electrons. The van der Waals surface area contributed by atoms with Crippen LogP contribution in [0.15, 0.2) is 47.8 Å². The average Bonchev–Trinajstić information content (AvgIpc) is 2.81. The topological polar surface area (TPSA) is 113 Å². The summed E-state index contributed by atoms with van der Waals surface area (Å²) >= 11 is 0. The molecule has 2 aromatic rings. The molecule has 0 aliphatic carbocycles. The van der Waals surface area contributed by atoms with Crippen molar-refractivity contribution < 1.29 is 23.1 Å². The lowest BCUT2D eigenvalue weighted by molar-refractivity contribution is 0.0559. The van der Waals surface area contributed by atoms with Crippen molar-refractivity contribution >= 4 is 22.0 Å². The Labute approximate surface area is 194 Å². The maximum Gasteiger partial charge on any atom is 0.273 e. The Balaban J connectivity index is 2.01. The second-order valence-electron chi connectivity index (χ2n) is 8.22. The summed E-state index contributed by atoms with van der Waals surface area (Å²) in [6.07, 6.45) is 7.55. The molecule has 0 fully saturated rings. The minimum Gasteiger partial charge on any atom is -0.487 e. The summed E-state index contributed by atoms with van der Waals surface area (Å²) in [6, 6.07) is 4.31. The first-order valence-electron chi connectivity index (χ1n) is 10.8. The predicted molar refractivity (Wildman–Crippen MR) is 124 cm³/mol. The second kappa shape index (κ2) is 10.4. The highest BCUT2D eigenvalue weighted by Gasteiger charge is 2.38. The van der Waals surface area contributed by atoms with Crippen LogP contribution < -0.4 is 4.74 Å². The molecule has 0 spiro atoms. The van der Waals surface area contributed by atoms with Crippen LogP contribution in [-0.2, 0) is 10.0 Å². The average molecular weight is 475 g/mol. The van der Waals surface area contributed by atoms with Gasteiger partial charge >= 0.3 is 0 Å². The molecule has 1 aromatic carbocycles. The van der Waals surface area contributed by atoms with E-state index >= 15 is 0 Å². The fourth-order valence-corrected chi connectivity index (χ4v) is 5.54. The number of aliphatic hydroxyl groups excluding tert-OH is 1. The van der Waals surface area contributed by atoms with E-state index in [0.717, 1.165) is 5.56 Å². The summed E-state index contributed by atoms with van der Waals surface area (Å²) in [5.41, 5.74) is 1.01. The number of hydrogen-bond acceptors (Lipinski definition) is 7. The van der Waals surface area contributed by atoms with Crippen LogP contribution in [0.4, 0.5) is 0 Å². The molecule has 0 unspecified atom stereocenters. The van der Waals surface area contributed by atoms with Crippen molar-refractivity contribution in [3.63, 3.8) is 0 Å². The van der Waals surface area contributed by atoms with E-state index in [4.69, 9.17) is 4.74 Å². The van der Waals surface area contributed by atoms with Crippen molar-refractivity contribution in [3.05, 3.63) is 54.1 Å². The van der Waals surface area contributed by atoms with Gasteiger partial charge in [0.1, 0.15) is 22.4 Å². The van der Waals surface area contributed by atoms with Gasteiger partial charge in [0.25, 0.3) is 5.91 Å². The molecule has 2 heterocycles. The first kappa shape index (κ1) is 24.8. The Hall–Kier alpha value is -2.82. The third-order valence-corrected chi connectivity index (χ3v) is 7.65. The van der Waals surface area contributed by atoms with E-state index < -0.39 is 22.2 Å². The summed E-state index contributed by atoms with van der Waals surface area (Å²) < 4.78 is 34.5. The number of hydrogen-bond donors (Lipinski definition) is 1. The van der Waals surface area contributed by atoms with Crippen molar-refractivity contribution in [3.8, 4) is 5.75 Å². The van der Waals surface area contributed by atoms with Gasteiger partial charge in [-0.25, -0.2) is 13.4 Å². The Morgan fingerprint density at radius 1 is 1.39 bits per heavy atom. The highest BCUT2D eigenvalue weighted by Crippen LogP contribution is 2.34. The number of nitrogens with zero attached hydrogens (tertiary/aromatic N) is 4. The molecule has 1 aliphatic rings. The minimum atomic E-state index is -3.90. The lowest BCUT2D eigenvalue weighted by atomic mass is 10.0. The lowest BCUT2D eigenvalue weighted by Crippen LogP contribution is -2.50. The molecule has 3 atom stereocenters. The maximum atomic E-state index is 13.5. The van der Waals surface area contributed by atoms with Gasteiger partial charge in [0.05, 0.1) is 19.3 Å². The van der Waals surface area contributed by atoms with Crippen LogP contribution in [-0.4, -0.2) is 77.5 Å². The monoisotopic (exact) mass is 474 g/mol. The molecule has 1 aliphatic heterocycles. The van der Waals surface area contributed by atoms with Crippen molar-refractivity contribution in [2.24, 2.45) is 5.92 Å². The molecule has 1 amide bonds. The SMILES string of the molecule is C/C=C/c1ccc2c(c1)O[C@H](CN(C)C(=O)c1cnccn1)[C@H](C)CN([C@@H](C)CO)S2(=O)=O. The van der Waals surface area contributed by atoms with Crippen LogP contribution >= 0.6 is 0 Å². The van der Waals surface area contributed by atoms with E-state index in [1.165, 1.54) is 33.9 Å². The van der Waals surface area contributed by atoms with Crippen LogP contribution in [0.3, 0.4) is 0 Å². The smallest absolute Gasteiger partial charge is 0.273 e. The van der Waals surface area contributed by atoms with Crippen LogP contribution in [0.2, 0.25) is 0 Å². The van der Waals surface area contributed by atoms with Crippen molar-refractivity contribution in [2.75, 3.05) is 26.7 Å². The molecule has 1 N–H and O–H groups in total. The van der Waals surface area contributed by atoms with E-state index in [2.05, 4.69) is 9.97 Å². The fourth-order valence-electron chi connectivity index (χ4n) is 3.71. The Morgan fingerprint density at radius 2 is 2.15 bits per heavy atom. The third-order valence-electron chi connectivity index (χ3n) is 5.63. The molecular formula is C23H30N4O5S. The van der Waals surface area contributed by atoms with Gasteiger partial charge in [0, 0.05) is 37.9 Å². The number of aromatic nitrogens is 2. The second-order valence-corrected chi connectivity index (χ2v) is 10.1. The highest BCUT2D eigenvalue weighted by atomic mass is 32.2. The van der Waals surface area contributed by atoms with E-state index in [1.54, 1.807) is 26.1 Å². The van der Waals surface area contributed by atoms with Gasteiger partial charge in [-0.05, 0) is 31.5 Å². The first-order chi connectivity index (χ1) is 15.7. The summed E-state index contributed by atoms with van der Waals surface area (Å²) in [4.78, 5) is 22.3. The number of benzene rings is 1. The molecule has 9 nitrogen and oxygen atoms in total. The molecule has 10 heteroatoms. The van der Waals surface area contributed by atoms with Gasteiger partial charge in [0.2, 0.25) is 10.0 Å². The number of carbonyl (C=O) groups is 1. The van der Waals surface area contributed by atoms with Gasteiger partial charge in [-0.2, -0.15) is 4.31 Å². The van der Waals surface area contributed by atoms with Gasteiger partial charge in [-0.1, -0.05) is 25.1 Å². The summed E-state index contributed by atoms with van der Waals surface area (Å²) in [5, 5.41) is 9.73. The molecule has 1 aromatic heterocycles. The number of allylic oxidation sites excluding steroid dienone is 1. The van der Waals surface area contributed by atoms with E-state index in [1.807, 2.05) is 26.0 Å². The van der Waals surface area contributed by atoms with E-state index in [9.17, 15) is 18.3 Å². The van der Waals surface area contributed by atoms with Gasteiger partial charge in [-0.3, -0.25) is 9.78 Å². The summed E-state index contributed by atoms with van der Waals surface area (Å²) in [5.74, 6) is -0.362. The third kappa shape index (κ3) is 5.40. The van der Waals surface area contributed by atoms with Crippen LogP contribution in [0, 0.1) is 5.92 Å². The van der Waals surface area contributed by atoms with Crippen molar-refractivity contribution in [2.45, 2.75) is 37.8 Å². The van der Waals surface area contributed by atoms with E-state index in [-0.39, 0.29) is 47.9 Å². The lowest BCUT2D eigenvalue weighted by Gasteiger charge is -2.37. The van der Waals surface area contributed by atoms with E-state index in [0.29, 0.717) is 0 Å². The number of likely N-dealkylation sites (N-methyl/N-ethyl adjacent to an activating group) is 1. The predicted octanol–water partition coefficient (Wildman–Crippen LogP) is 2.05. The largest absolute Gasteiger partial charge is 0.487 e. The van der Waals surface area contributed by atoms with Crippen LogP contribution in [0.25, 0.3) is 6.08 Å². The van der Waals surface area contributed by atoms with Crippen LogP contribution in [0.5, 0.6) is 5.75 Å². The Morgan fingerprint density at radius 3 is 2.79 bits per heavy atom. The number of sulfonamides is 1. The first-order valence-corrected chi connectivity index (χ1v) is 12.2. The molecule has 33 heavy (non-hydrogen) atoms. The Kier molecular flexibility index (Phi) is 7.83. The standard InChI is InChI=1S/C23H30N4O5S/c1-5-6-18-7-8-22-20(11-18)32-21(14-26(4)23(29)19-12-24-9-10-25-19)16(2)13-27(17(3)15-28)33(22,30)31/h5-12,16-17,21,28H,13-15H2,1-4H3/b6-5+/t16-,17+,21-/m1/s1. The van der Waals surface area contributed by atoms with Crippen molar-refractivity contribution in [1.82, 2.24) is 19.2 Å².